The average Bonchev–Trinajstić information content (AvgIpc) is 2.84. The second kappa shape index (κ2) is 12.2. The maximum atomic E-state index is 12.3. The van der Waals surface area contributed by atoms with E-state index < -0.39 is 0 Å². The van der Waals surface area contributed by atoms with Crippen molar-refractivity contribution in [2.45, 2.75) is 89.7 Å². The summed E-state index contributed by atoms with van der Waals surface area (Å²) in [5.41, 5.74) is 0.979. The van der Waals surface area contributed by atoms with Crippen molar-refractivity contribution in [1.29, 1.82) is 0 Å². The number of aromatic nitrogens is 2. The standard InChI is InChI=1S/C28H47N5O3/c1-28(2,3)27-30-23(10-16-36-4)19-25(31-27)33-14-12-32(13-15-33)11-9-20-5-7-22(8-6-20)29-26(35)21-17-24(34)18-21/h19-22,24,34H,5-18H2,1-4H3,(H,29,35)/t20-,21-,22-,24+. The molecule has 0 aromatic carbocycles. The molecule has 3 aliphatic rings. The summed E-state index contributed by atoms with van der Waals surface area (Å²) in [6.07, 6.45) is 7.67. The minimum absolute atomic E-state index is 0.0377. The van der Waals surface area contributed by atoms with Gasteiger partial charge in [-0.1, -0.05) is 20.8 Å². The van der Waals surface area contributed by atoms with Crippen molar-refractivity contribution in [1.82, 2.24) is 20.2 Å². The Labute approximate surface area is 217 Å². The van der Waals surface area contributed by atoms with Gasteiger partial charge in [0.2, 0.25) is 5.91 Å². The highest BCUT2D eigenvalue weighted by Crippen LogP contribution is 2.30. The lowest BCUT2D eigenvalue weighted by molar-refractivity contribution is -0.132. The van der Waals surface area contributed by atoms with Gasteiger partial charge in [0.25, 0.3) is 0 Å². The second-order valence-corrected chi connectivity index (χ2v) is 12.2. The SMILES string of the molecule is COCCc1cc(N2CCN(CC[C@H]3CC[C@H](NC(=O)[C@H]4C[C@@H](O)C4)CC3)CC2)nc(C(C)(C)C)n1. The van der Waals surface area contributed by atoms with Gasteiger partial charge in [-0.05, 0) is 57.4 Å². The molecule has 1 aliphatic heterocycles. The van der Waals surface area contributed by atoms with Crippen LogP contribution in [0.1, 0.15) is 77.2 Å². The first-order chi connectivity index (χ1) is 17.2. The molecule has 1 amide bonds. The molecule has 0 bridgehead atoms. The Kier molecular flexibility index (Phi) is 9.23. The number of nitrogens with one attached hydrogen (secondary N) is 1. The number of carbonyl (C=O) groups is 1. The zero-order valence-corrected chi connectivity index (χ0v) is 22.8. The van der Waals surface area contributed by atoms with Gasteiger partial charge in [-0.25, -0.2) is 9.97 Å². The van der Waals surface area contributed by atoms with E-state index in [1.54, 1.807) is 7.11 Å². The van der Waals surface area contributed by atoms with E-state index in [0.29, 0.717) is 25.5 Å². The number of methoxy groups -OCH3 is 1. The van der Waals surface area contributed by atoms with Crippen LogP contribution >= 0.6 is 0 Å². The molecule has 2 aliphatic carbocycles. The first-order valence-electron chi connectivity index (χ1n) is 14.0. The van der Waals surface area contributed by atoms with Crippen molar-refractivity contribution in [2.24, 2.45) is 11.8 Å². The van der Waals surface area contributed by atoms with E-state index in [1.165, 1.54) is 19.3 Å². The predicted octanol–water partition coefficient (Wildman–Crippen LogP) is 2.92. The third kappa shape index (κ3) is 7.39. The summed E-state index contributed by atoms with van der Waals surface area (Å²) in [4.78, 5) is 27.0. The summed E-state index contributed by atoms with van der Waals surface area (Å²) in [6, 6.07) is 2.48. The maximum Gasteiger partial charge on any atom is 0.223 e. The van der Waals surface area contributed by atoms with Gasteiger partial charge in [0.15, 0.2) is 0 Å². The summed E-state index contributed by atoms with van der Waals surface area (Å²) in [7, 11) is 1.73. The molecule has 0 atom stereocenters. The number of hydrogen-bond donors (Lipinski definition) is 2. The fourth-order valence-corrected chi connectivity index (χ4v) is 5.60. The number of aliphatic hydroxyl groups excluding tert-OH is 1. The highest BCUT2D eigenvalue weighted by molar-refractivity contribution is 5.79. The molecule has 1 aromatic rings. The van der Waals surface area contributed by atoms with E-state index in [9.17, 15) is 9.90 Å². The number of amides is 1. The monoisotopic (exact) mass is 501 g/mol. The van der Waals surface area contributed by atoms with E-state index in [2.05, 4.69) is 42.0 Å². The zero-order valence-electron chi connectivity index (χ0n) is 22.8. The highest BCUT2D eigenvalue weighted by Gasteiger charge is 2.34. The van der Waals surface area contributed by atoms with Crippen LogP contribution in [-0.4, -0.2) is 84.5 Å². The van der Waals surface area contributed by atoms with E-state index in [1.807, 2.05) is 0 Å². The van der Waals surface area contributed by atoms with Crippen molar-refractivity contribution in [3.8, 4) is 0 Å². The Bertz CT molecular complexity index is 851. The molecule has 0 unspecified atom stereocenters. The first kappa shape index (κ1) is 27.3. The molecular weight excluding hydrogens is 454 g/mol. The van der Waals surface area contributed by atoms with Gasteiger partial charge in [0.1, 0.15) is 11.6 Å². The van der Waals surface area contributed by atoms with Gasteiger partial charge in [-0.3, -0.25) is 9.69 Å². The maximum absolute atomic E-state index is 12.3. The minimum atomic E-state index is -0.265. The predicted molar refractivity (Wildman–Crippen MR) is 142 cm³/mol. The van der Waals surface area contributed by atoms with Gasteiger partial charge in [-0.2, -0.15) is 0 Å². The molecule has 2 N–H and O–H groups in total. The summed E-state index contributed by atoms with van der Waals surface area (Å²) >= 11 is 0. The van der Waals surface area contributed by atoms with Crippen molar-refractivity contribution in [3.05, 3.63) is 17.6 Å². The summed E-state index contributed by atoms with van der Waals surface area (Å²) < 4.78 is 5.28. The number of nitrogens with zero attached hydrogens (tertiary/aromatic N) is 4. The molecular formula is C28H47N5O3. The lowest BCUT2D eigenvalue weighted by Crippen LogP contribution is -2.47. The lowest BCUT2D eigenvalue weighted by Gasteiger charge is -2.37. The number of aliphatic hydroxyl groups is 1. The number of hydrogen-bond acceptors (Lipinski definition) is 7. The van der Waals surface area contributed by atoms with Crippen LogP contribution < -0.4 is 10.2 Å². The molecule has 8 heteroatoms. The molecule has 8 nitrogen and oxygen atoms in total. The van der Waals surface area contributed by atoms with E-state index in [4.69, 9.17) is 14.7 Å². The fourth-order valence-electron chi connectivity index (χ4n) is 5.60. The van der Waals surface area contributed by atoms with Crippen LogP contribution in [0.25, 0.3) is 0 Å². The van der Waals surface area contributed by atoms with Crippen molar-refractivity contribution in [3.63, 3.8) is 0 Å². The summed E-state index contributed by atoms with van der Waals surface area (Å²) in [5.74, 6) is 2.92. The second-order valence-electron chi connectivity index (χ2n) is 12.2. The Morgan fingerprint density at radius 3 is 2.42 bits per heavy atom. The van der Waals surface area contributed by atoms with Gasteiger partial charge < -0.3 is 20.1 Å². The zero-order chi connectivity index (χ0) is 25.7. The molecule has 0 radical (unpaired) electrons. The van der Waals surface area contributed by atoms with Crippen LogP contribution in [0.5, 0.6) is 0 Å². The molecule has 1 aromatic heterocycles. The van der Waals surface area contributed by atoms with Crippen molar-refractivity contribution in [2.75, 3.05) is 51.3 Å². The fraction of sp³-hybridized carbons (Fsp3) is 0.821. The van der Waals surface area contributed by atoms with Crippen molar-refractivity contribution < 1.29 is 14.6 Å². The number of ether oxygens (including phenoxy) is 1. The van der Waals surface area contributed by atoms with Gasteiger partial charge >= 0.3 is 0 Å². The van der Waals surface area contributed by atoms with Crippen LogP contribution in [-0.2, 0) is 21.4 Å². The minimum Gasteiger partial charge on any atom is -0.393 e. The molecule has 202 valence electrons. The van der Waals surface area contributed by atoms with E-state index >= 15 is 0 Å². The molecule has 2 saturated carbocycles. The molecule has 2 heterocycles. The Balaban J connectivity index is 1.19. The summed E-state index contributed by atoms with van der Waals surface area (Å²) in [6.45, 7) is 12.5. The van der Waals surface area contributed by atoms with Gasteiger partial charge in [0, 0.05) is 68.8 Å². The number of carbonyl (C=O) groups excluding carboxylic acids is 1. The Morgan fingerprint density at radius 2 is 1.81 bits per heavy atom. The molecule has 4 rings (SSSR count). The number of piperazine rings is 1. The molecule has 1 saturated heterocycles. The number of rotatable bonds is 9. The Morgan fingerprint density at radius 1 is 1.11 bits per heavy atom. The van der Waals surface area contributed by atoms with Crippen molar-refractivity contribution >= 4 is 11.7 Å². The van der Waals surface area contributed by atoms with Gasteiger partial charge in [-0.15, -0.1) is 0 Å². The molecule has 0 spiro atoms. The van der Waals surface area contributed by atoms with Crippen LogP contribution in [0.15, 0.2) is 6.07 Å². The first-order valence-corrected chi connectivity index (χ1v) is 14.0. The molecule has 3 fully saturated rings. The lowest BCUT2D eigenvalue weighted by atomic mass is 9.80. The number of anilines is 1. The van der Waals surface area contributed by atoms with E-state index in [0.717, 1.165) is 75.2 Å². The average molecular weight is 502 g/mol. The van der Waals surface area contributed by atoms with Crippen LogP contribution in [0.4, 0.5) is 5.82 Å². The highest BCUT2D eigenvalue weighted by atomic mass is 16.5. The van der Waals surface area contributed by atoms with Crippen LogP contribution in [0, 0.1) is 11.8 Å². The van der Waals surface area contributed by atoms with E-state index in [-0.39, 0.29) is 23.3 Å². The van der Waals surface area contributed by atoms with Crippen LogP contribution in [0.2, 0.25) is 0 Å². The normalized spacial score (nSPS) is 27.5. The Hall–Kier alpha value is -1.77. The summed E-state index contributed by atoms with van der Waals surface area (Å²) in [5, 5.41) is 12.7. The molecule has 36 heavy (non-hydrogen) atoms. The third-order valence-corrected chi connectivity index (χ3v) is 8.23. The topological polar surface area (TPSA) is 90.8 Å². The quantitative estimate of drug-likeness (QED) is 0.538. The largest absolute Gasteiger partial charge is 0.393 e. The third-order valence-electron chi connectivity index (χ3n) is 8.23. The van der Waals surface area contributed by atoms with Gasteiger partial charge in [0.05, 0.1) is 12.7 Å². The smallest absolute Gasteiger partial charge is 0.223 e. The van der Waals surface area contributed by atoms with Crippen LogP contribution in [0.3, 0.4) is 0 Å².